The Morgan fingerprint density at radius 1 is 0.613 bits per heavy atom. The zero-order valence-corrected chi connectivity index (χ0v) is 17.7. The number of carbonyl (C=O) groups is 2. The Hall–Kier alpha value is -3.46. The van der Waals surface area contributed by atoms with E-state index in [1.807, 2.05) is 86.6 Å². The summed E-state index contributed by atoms with van der Waals surface area (Å²) in [4.78, 5) is 29.0. The number of imide groups is 1. The lowest BCUT2D eigenvalue weighted by Crippen LogP contribution is -2.31. The van der Waals surface area contributed by atoms with E-state index in [-0.39, 0.29) is 23.7 Å². The second kappa shape index (κ2) is 7.66. The van der Waals surface area contributed by atoms with Gasteiger partial charge in [0.1, 0.15) is 0 Å². The molecule has 3 aromatic rings. The number of hydrogen-bond donors (Lipinski definition) is 0. The van der Waals surface area contributed by atoms with Gasteiger partial charge in [-0.1, -0.05) is 78.9 Å². The summed E-state index contributed by atoms with van der Waals surface area (Å²) in [5, 5.41) is 0. The van der Waals surface area contributed by atoms with Crippen molar-refractivity contribution in [3.8, 4) is 0 Å². The molecule has 0 bridgehead atoms. The molecule has 1 fully saturated rings. The van der Waals surface area contributed by atoms with E-state index in [9.17, 15) is 9.59 Å². The first-order chi connectivity index (χ1) is 15.0. The summed E-state index contributed by atoms with van der Waals surface area (Å²) < 4.78 is 0. The average Bonchev–Trinajstić information content (AvgIpc) is 3.04. The highest BCUT2D eigenvalue weighted by molar-refractivity contribution is 6.23. The molecule has 1 heterocycles. The standard InChI is InChI=1S/C28H25NO2/c1-18-15-19(2)17-22(16-18)29-27(30)25-23(20-9-5-3-6-10-20)13-14-24(26(25)28(29)31)21-11-7-4-8-12-21/h3-17,23-26H,1-2H3/t23-,24+,25-,26-/m1/s1. The molecule has 0 unspecified atom stereocenters. The zero-order valence-electron chi connectivity index (χ0n) is 17.7. The van der Waals surface area contributed by atoms with Crippen molar-refractivity contribution in [1.29, 1.82) is 0 Å². The fourth-order valence-corrected chi connectivity index (χ4v) is 5.27. The van der Waals surface area contributed by atoms with E-state index in [0.717, 1.165) is 22.3 Å². The number of fused-ring (bicyclic) bond motifs is 1. The normalized spacial score (nSPS) is 25.0. The molecule has 0 spiro atoms. The molecule has 3 aromatic carbocycles. The highest BCUT2D eigenvalue weighted by Gasteiger charge is 2.55. The Morgan fingerprint density at radius 2 is 1.03 bits per heavy atom. The van der Waals surface area contributed by atoms with Gasteiger partial charge in [-0.05, 0) is 48.2 Å². The Kier molecular flexibility index (Phi) is 4.82. The SMILES string of the molecule is Cc1cc(C)cc(N2C(=O)[C@H]3[C@H](C2=O)[C@H](c2ccccc2)C=C[C@@H]3c2ccccc2)c1. The molecule has 5 rings (SSSR count). The van der Waals surface area contributed by atoms with E-state index in [4.69, 9.17) is 0 Å². The van der Waals surface area contributed by atoms with Crippen molar-refractivity contribution >= 4 is 17.5 Å². The summed E-state index contributed by atoms with van der Waals surface area (Å²) in [6.45, 7) is 3.99. The lowest BCUT2D eigenvalue weighted by molar-refractivity contribution is -0.122. The third-order valence-corrected chi connectivity index (χ3v) is 6.53. The van der Waals surface area contributed by atoms with Crippen LogP contribution in [-0.4, -0.2) is 11.8 Å². The van der Waals surface area contributed by atoms with Crippen LogP contribution in [0.25, 0.3) is 0 Å². The Morgan fingerprint density at radius 3 is 1.45 bits per heavy atom. The van der Waals surface area contributed by atoms with E-state index >= 15 is 0 Å². The van der Waals surface area contributed by atoms with Crippen molar-refractivity contribution in [2.45, 2.75) is 25.7 Å². The molecule has 0 saturated carbocycles. The molecule has 31 heavy (non-hydrogen) atoms. The van der Waals surface area contributed by atoms with Gasteiger partial charge in [-0.25, -0.2) is 4.90 Å². The van der Waals surface area contributed by atoms with Gasteiger partial charge in [-0.2, -0.15) is 0 Å². The number of benzene rings is 3. The molecule has 1 aliphatic heterocycles. The van der Waals surface area contributed by atoms with E-state index in [0.29, 0.717) is 5.69 Å². The van der Waals surface area contributed by atoms with Crippen LogP contribution >= 0.6 is 0 Å². The molecule has 154 valence electrons. The summed E-state index contributed by atoms with van der Waals surface area (Å²) >= 11 is 0. The predicted octanol–water partition coefficient (Wildman–Crippen LogP) is 5.55. The minimum absolute atomic E-state index is 0.0980. The topological polar surface area (TPSA) is 37.4 Å². The smallest absolute Gasteiger partial charge is 0.238 e. The van der Waals surface area contributed by atoms with Crippen LogP contribution in [0.15, 0.2) is 91.0 Å². The van der Waals surface area contributed by atoms with Crippen molar-refractivity contribution < 1.29 is 9.59 Å². The van der Waals surface area contributed by atoms with Gasteiger partial charge in [0, 0.05) is 11.8 Å². The highest BCUT2D eigenvalue weighted by atomic mass is 16.2. The van der Waals surface area contributed by atoms with Gasteiger partial charge >= 0.3 is 0 Å². The number of hydrogen-bond acceptors (Lipinski definition) is 2. The zero-order chi connectivity index (χ0) is 21.5. The van der Waals surface area contributed by atoms with Crippen LogP contribution in [0.1, 0.15) is 34.1 Å². The predicted molar refractivity (Wildman–Crippen MR) is 123 cm³/mol. The Labute approximate surface area is 183 Å². The molecular formula is C28H25NO2. The van der Waals surface area contributed by atoms with E-state index in [1.54, 1.807) is 0 Å². The van der Waals surface area contributed by atoms with Gasteiger partial charge < -0.3 is 0 Å². The van der Waals surface area contributed by atoms with Crippen LogP contribution in [0.3, 0.4) is 0 Å². The number of anilines is 1. The lowest BCUT2D eigenvalue weighted by Gasteiger charge is -2.32. The molecule has 0 radical (unpaired) electrons. The van der Waals surface area contributed by atoms with Gasteiger partial charge in [-0.15, -0.1) is 0 Å². The molecule has 3 nitrogen and oxygen atoms in total. The Bertz CT molecular complexity index is 1080. The van der Waals surface area contributed by atoms with Crippen LogP contribution in [0.2, 0.25) is 0 Å². The average molecular weight is 408 g/mol. The number of nitrogens with zero attached hydrogens (tertiary/aromatic N) is 1. The fraction of sp³-hybridized carbons (Fsp3) is 0.214. The van der Waals surface area contributed by atoms with Gasteiger partial charge in [0.15, 0.2) is 0 Å². The first-order valence-electron chi connectivity index (χ1n) is 10.8. The first kappa shape index (κ1) is 19.5. The number of amides is 2. The van der Waals surface area contributed by atoms with E-state index in [1.165, 1.54) is 4.90 Å². The minimum atomic E-state index is -0.411. The Balaban J connectivity index is 1.64. The van der Waals surface area contributed by atoms with Crippen molar-refractivity contribution in [3.05, 3.63) is 113 Å². The fourth-order valence-electron chi connectivity index (χ4n) is 5.27. The van der Waals surface area contributed by atoms with Crippen LogP contribution in [0.4, 0.5) is 5.69 Å². The van der Waals surface area contributed by atoms with Crippen LogP contribution in [0.5, 0.6) is 0 Å². The quantitative estimate of drug-likeness (QED) is 0.422. The van der Waals surface area contributed by atoms with E-state index < -0.39 is 11.8 Å². The molecule has 1 aliphatic carbocycles. The van der Waals surface area contributed by atoms with E-state index in [2.05, 4.69) is 18.2 Å². The molecule has 1 saturated heterocycles. The first-order valence-corrected chi connectivity index (χ1v) is 10.8. The van der Waals surface area contributed by atoms with Gasteiger partial charge in [0.05, 0.1) is 17.5 Å². The molecule has 0 N–H and O–H groups in total. The maximum Gasteiger partial charge on any atom is 0.238 e. The third-order valence-electron chi connectivity index (χ3n) is 6.53. The van der Waals surface area contributed by atoms with Crippen molar-refractivity contribution in [2.24, 2.45) is 11.8 Å². The maximum absolute atomic E-state index is 13.8. The maximum atomic E-state index is 13.8. The summed E-state index contributed by atoms with van der Waals surface area (Å²) in [6, 6.07) is 26.0. The number of rotatable bonds is 3. The number of carbonyl (C=O) groups excluding carboxylic acids is 2. The summed E-state index contributed by atoms with van der Waals surface area (Å²) in [5.41, 5.74) is 4.92. The molecule has 3 heteroatoms. The van der Waals surface area contributed by atoms with Gasteiger partial charge in [0.2, 0.25) is 11.8 Å². The van der Waals surface area contributed by atoms with Crippen molar-refractivity contribution in [3.63, 3.8) is 0 Å². The largest absolute Gasteiger partial charge is 0.274 e. The summed E-state index contributed by atoms with van der Waals surface area (Å²) in [6.07, 6.45) is 4.26. The van der Waals surface area contributed by atoms with Crippen LogP contribution in [-0.2, 0) is 9.59 Å². The van der Waals surface area contributed by atoms with Gasteiger partial charge in [-0.3, -0.25) is 9.59 Å². The second-order valence-electron chi connectivity index (χ2n) is 8.67. The molecular weight excluding hydrogens is 382 g/mol. The highest BCUT2D eigenvalue weighted by Crippen LogP contribution is 2.50. The van der Waals surface area contributed by atoms with Gasteiger partial charge in [0.25, 0.3) is 0 Å². The van der Waals surface area contributed by atoms with Crippen LogP contribution in [0, 0.1) is 25.7 Å². The van der Waals surface area contributed by atoms with Crippen molar-refractivity contribution in [1.82, 2.24) is 0 Å². The number of allylic oxidation sites excluding steroid dienone is 2. The lowest BCUT2D eigenvalue weighted by atomic mass is 9.68. The second-order valence-corrected chi connectivity index (χ2v) is 8.67. The molecule has 0 aromatic heterocycles. The van der Waals surface area contributed by atoms with Crippen molar-refractivity contribution in [2.75, 3.05) is 4.90 Å². The monoisotopic (exact) mass is 407 g/mol. The molecule has 2 amide bonds. The molecule has 4 atom stereocenters. The third kappa shape index (κ3) is 3.31. The summed E-state index contributed by atoms with van der Waals surface area (Å²) in [7, 11) is 0. The number of aryl methyl sites for hydroxylation is 2. The molecule has 2 aliphatic rings. The minimum Gasteiger partial charge on any atom is -0.274 e. The summed E-state index contributed by atoms with van der Waals surface area (Å²) in [5.74, 6) is -1.24. The van der Waals surface area contributed by atoms with Crippen LogP contribution < -0.4 is 4.90 Å².